The summed E-state index contributed by atoms with van der Waals surface area (Å²) >= 11 is 1.43. The van der Waals surface area contributed by atoms with Gasteiger partial charge in [-0.2, -0.15) is 0 Å². The Morgan fingerprint density at radius 1 is 1.13 bits per heavy atom. The molecule has 0 saturated carbocycles. The highest BCUT2D eigenvalue weighted by molar-refractivity contribution is 7.07. The molecule has 0 radical (unpaired) electrons. The normalized spacial score (nSPS) is 16.0. The number of likely N-dealkylation sites (tertiary alicyclic amines) is 1. The zero-order chi connectivity index (χ0) is 21.2. The zero-order valence-corrected chi connectivity index (χ0v) is 17.6. The minimum atomic E-state index is -0.110. The highest BCUT2D eigenvalue weighted by atomic mass is 32.1. The fraction of sp³-hybridized carbons (Fsp3) is 0.217. The molecule has 3 aromatic heterocycles. The maximum absolute atomic E-state index is 12.5. The second-order valence-corrected chi connectivity index (χ2v) is 8.36. The molecule has 1 saturated heterocycles. The molecule has 0 spiro atoms. The molecule has 1 aromatic carbocycles. The van der Waals surface area contributed by atoms with Crippen LogP contribution < -0.4 is 5.32 Å². The summed E-state index contributed by atoms with van der Waals surface area (Å²) in [5, 5.41) is 4.75. The van der Waals surface area contributed by atoms with E-state index in [4.69, 9.17) is 0 Å². The van der Waals surface area contributed by atoms with E-state index >= 15 is 0 Å². The Morgan fingerprint density at radius 2 is 2.00 bits per heavy atom. The Kier molecular flexibility index (Phi) is 5.21. The van der Waals surface area contributed by atoms with Gasteiger partial charge in [0, 0.05) is 55.1 Å². The summed E-state index contributed by atoms with van der Waals surface area (Å²) in [4.78, 5) is 35.3. The van der Waals surface area contributed by atoms with Gasteiger partial charge in [-0.25, -0.2) is 9.97 Å². The Labute approximate surface area is 183 Å². The van der Waals surface area contributed by atoms with Crippen LogP contribution in [0.4, 0.5) is 0 Å². The topological polar surface area (TPSA) is 79.6 Å². The zero-order valence-electron chi connectivity index (χ0n) is 16.8. The Hall–Kier alpha value is -3.52. The number of nitrogens with zero attached hydrogens (tertiary/aromatic N) is 4. The number of nitrogens with one attached hydrogen (secondary N) is 1. The van der Waals surface area contributed by atoms with Crippen LogP contribution in [0.5, 0.6) is 0 Å². The number of benzene rings is 1. The fourth-order valence-corrected chi connectivity index (χ4v) is 4.48. The second kappa shape index (κ2) is 8.31. The van der Waals surface area contributed by atoms with Crippen molar-refractivity contribution in [3.63, 3.8) is 0 Å². The van der Waals surface area contributed by atoms with Gasteiger partial charge in [-0.15, -0.1) is 11.3 Å². The number of hydrogen-bond acceptors (Lipinski definition) is 5. The lowest BCUT2D eigenvalue weighted by Crippen LogP contribution is -2.28. The lowest BCUT2D eigenvalue weighted by atomic mass is 9.97. The van der Waals surface area contributed by atoms with Crippen LogP contribution in [-0.2, 0) is 6.54 Å². The minimum absolute atomic E-state index is 0.00622. The van der Waals surface area contributed by atoms with Gasteiger partial charge in [0.15, 0.2) is 0 Å². The second-order valence-electron chi connectivity index (χ2n) is 7.64. The molecular formula is C23H21N5O2S. The van der Waals surface area contributed by atoms with Gasteiger partial charge in [0.05, 0.1) is 5.51 Å². The molecular weight excluding hydrogens is 410 g/mol. The van der Waals surface area contributed by atoms with E-state index in [1.165, 1.54) is 11.3 Å². The van der Waals surface area contributed by atoms with Gasteiger partial charge in [0.2, 0.25) is 0 Å². The van der Waals surface area contributed by atoms with E-state index in [1.54, 1.807) is 17.1 Å². The number of hydrogen-bond donors (Lipinski definition) is 1. The molecule has 1 atom stereocenters. The fourth-order valence-electron chi connectivity index (χ4n) is 3.95. The van der Waals surface area contributed by atoms with Crippen molar-refractivity contribution in [1.29, 1.82) is 0 Å². The summed E-state index contributed by atoms with van der Waals surface area (Å²) in [5.74, 6) is 0.163. The molecule has 2 amide bonds. The summed E-state index contributed by atoms with van der Waals surface area (Å²) in [5.41, 5.74) is 5.83. The molecule has 7 nitrogen and oxygen atoms in total. The van der Waals surface area contributed by atoms with Crippen molar-refractivity contribution < 1.29 is 9.59 Å². The summed E-state index contributed by atoms with van der Waals surface area (Å²) in [7, 11) is 0. The van der Waals surface area contributed by atoms with E-state index in [0.29, 0.717) is 24.3 Å². The van der Waals surface area contributed by atoms with Crippen LogP contribution in [0.2, 0.25) is 0 Å². The molecule has 31 heavy (non-hydrogen) atoms. The third-order valence-corrected chi connectivity index (χ3v) is 6.27. The van der Waals surface area contributed by atoms with Gasteiger partial charge in [-0.1, -0.05) is 12.1 Å². The first kappa shape index (κ1) is 19.4. The molecule has 5 rings (SSSR count). The van der Waals surface area contributed by atoms with Gasteiger partial charge in [0.1, 0.15) is 11.3 Å². The highest BCUT2D eigenvalue weighted by Gasteiger charge is 2.28. The van der Waals surface area contributed by atoms with E-state index < -0.39 is 0 Å². The number of amides is 2. The van der Waals surface area contributed by atoms with Gasteiger partial charge >= 0.3 is 0 Å². The number of pyridine rings is 1. The number of fused-ring (bicyclic) bond motifs is 1. The molecule has 1 unspecified atom stereocenters. The van der Waals surface area contributed by atoms with Crippen LogP contribution in [0.15, 0.2) is 65.9 Å². The third-order valence-electron chi connectivity index (χ3n) is 5.69. The van der Waals surface area contributed by atoms with Gasteiger partial charge < -0.3 is 14.6 Å². The predicted molar refractivity (Wildman–Crippen MR) is 118 cm³/mol. The first-order valence-corrected chi connectivity index (χ1v) is 11.1. The van der Waals surface area contributed by atoms with E-state index in [0.717, 1.165) is 29.7 Å². The monoisotopic (exact) mass is 431 g/mol. The Balaban J connectivity index is 1.18. The first-order valence-electron chi connectivity index (χ1n) is 10.1. The van der Waals surface area contributed by atoms with Crippen molar-refractivity contribution in [3.05, 3.63) is 88.3 Å². The Morgan fingerprint density at radius 3 is 2.81 bits per heavy atom. The number of imidazole rings is 1. The Bertz CT molecular complexity index is 1220. The van der Waals surface area contributed by atoms with Crippen LogP contribution in [0.1, 0.15) is 44.3 Å². The van der Waals surface area contributed by atoms with Crippen molar-refractivity contribution in [2.75, 3.05) is 13.1 Å². The molecule has 4 aromatic rings. The molecule has 8 heteroatoms. The van der Waals surface area contributed by atoms with Gasteiger partial charge in [-0.05, 0) is 41.8 Å². The van der Waals surface area contributed by atoms with E-state index in [-0.39, 0.29) is 17.7 Å². The molecule has 1 fully saturated rings. The number of rotatable bonds is 5. The quantitative estimate of drug-likeness (QED) is 0.526. The average molecular weight is 432 g/mol. The largest absolute Gasteiger partial charge is 0.348 e. The maximum Gasteiger partial charge on any atom is 0.273 e. The third kappa shape index (κ3) is 4.06. The van der Waals surface area contributed by atoms with Crippen LogP contribution in [0, 0.1) is 0 Å². The van der Waals surface area contributed by atoms with E-state index in [1.807, 2.05) is 58.1 Å². The van der Waals surface area contributed by atoms with Crippen molar-refractivity contribution in [2.45, 2.75) is 18.9 Å². The van der Waals surface area contributed by atoms with Crippen LogP contribution in [0.3, 0.4) is 0 Å². The lowest BCUT2D eigenvalue weighted by Gasteiger charge is -2.15. The van der Waals surface area contributed by atoms with Crippen molar-refractivity contribution in [1.82, 2.24) is 24.6 Å². The van der Waals surface area contributed by atoms with E-state index in [9.17, 15) is 9.59 Å². The number of carbonyl (C=O) groups is 2. The lowest BCUT2D eigenvalue weighted by molar-refractivity contribution is 0.0785. The molecule has 156 valence electrons. The molecule has 0 aliphatic carbocycles. The van der Waals surface area contributed by atoms with Crippen molar-refractivity contribution in [3.8, 4) is 0 Å². The smallest absolute Gasteiger partial charge is 0.273 e. The molecule has 4 heterocycles. The predicted octanol–water partition coefficient (Wildman–Crippen LogP) is 3.35. The first-order chi connectivity index (χ1) is 15.2. The summed E-state index contributed by atoms with van der Waals surface area (Å²) < 4.78 is 1.93. The number of carbonyl (C=O) groups excluding carboxylic acids is 2. The molecule has 1 aliphatic heterocycles. The van der Waals surface area contributed by atoms with Gasteiger partial charge in [-0.3, -0.25) is 9.59 Å². The molecule has 1 N–H and O–H groups in total. The average Bonchev–Trinajstić information content (AvgIpc) is 3.58. The van der Waals surface area contributed by atoms with Crippen LogP contribution in [-0.4, -0.2) is 44.2 Å². The molecule has 0 bridgehead atoms. The molecule has 1 aliphatic rings. The number of thiazole rings is 1. The summed E-state index contributed by atoms with van der Waals surface area (Å²) in [6.45, 7) is 1.85. The number of aromatic nitrogens is 3. The van der Waals surface area contributed by atoms with Crippen molar-refractivity contribution in [2.24, 2.45) is 0 Å². The summed E-state index contributed by atoms with van der Waals surface area (Å²) in [6.07, 6.45) is 6.48. The van der Waals surface area contributed by atoms with Crippen LogP contribution >= 0.6 is 11.3 Å². The van der Waals surface area contributed by atoms with E-state index in [2.05, 4.69) is 15.3 Å². The van der Waals surface area contributed by atoms with Crippen LogP contribution in [0.25, 0.3) is 5.65 Å². The SMILES string of the molecule is O=C(NCc1ccn2ccnc2c1)c1ccc(C2CCN(C(=O)c3cscn3)C2)cc1. The van der Waals surface area contributed by atoms with Gasteiger partial charge in [0.25, 0.3) is 11.8 Å². The standard InChI is InChI=1S/C23H21N5O2S/c29-22(25-12-16-5-8-27-10-7-24-21(27)11-16)18-3-1-17(2-4-18)19-6-9-28(13-19)23(30)20-14-31-15-26-20/h1-5,7-8,10-11,14-15,19H,6,9,12-13H2,(H,25,29). The maximum atomic E-state index is 12.5. The highest BCUT2D eigenvalue weighted by Crippen LogP contribution is 2.28. The van der Waals surface area contributed by atoms with Crippen molar-refractivity contribution >= 4 is 28.8 Å². The summed E-state index contributed by atoms with van der Waals surface area (Å²) in [6, 6.07) is 11.6. The minimum Gasteiger partial charge on any atom is -0.348 e.